The van der Waals surface area contributed by atoms with Crippen LogP contribution in [0.3, 0.4) is 0 Å². The summed E-state index contributed by atoms with van der Waals surface area (Å²) in [5.41, 5.74) is -0.164. The Bertz CT molecular complexity index is 1200. The van der Waals surface area contributed by atoms with E-state index in [2.05, 4.69) is 10.1 Å². The summed E-state index contributed by atoms with van der Waals surface area (Å²) in [6.07, 6.45) is 0. The van der Waals surface area contributed by atoms with Crippen molar-refractivity contribution in [3.63, 3.8) is 0 Å². The lowest BCUT2D eigenvalue weighted by Crippen LogP contribution is -2.41. The van der Waals surface area contributed by atoms with Crippen LogP contribution < -0.4 is 0 Å². The summed E-state index contributed by atoms with van der Waals surface area (Å²) >= 11 is 10.3. The van der Waals surface area contributed by atoms with Crippen LogP contribution in [0.4, 0.5) is 0 Å². The second-order valence-corrected chi connectivity index (χ2v) is 12.5. The number of rotatable bonds is 5. The zero-order valence-corrected chi connectivity index (χ0v) is 21.8. The van der Waals surface area contributed by atoms with Gasteiger partial charge in [0.2, 0.25) is 11.8 Å². The highest BCUT2D eigenvalue weighted by molar-refractivity contribution is 7.98. The van der Waals surface area contributed by atoms with Crippen molar-refractivity contribution >= 4 is 63.8 Å². The smallest absolute Gasteiger partial charge is 0.281 e. The fourth-order valence-corrected chi connectivity index (χ4v) is 6.29. The minimum absolute atomic E-state index is 0.162. The maximum absolute atomic E-state index is 13.2. The molecule has 4 heterocycles. The molecule has 0 N–H and O–H groups in total. The highest BCUT2D eigenvalue weighted by Gasteiger charge is 2.46. The Morgan fingerprint density at radius 1 is 1.27 bits per heavy atom. The van der Waals surface area contributed by atoms with E-state index in [4.69, 9.17) is 11.6 Å². The van der Waals surface area contributed by atoms with Gasteiger partial charge in [-0.25, -0.2) is 4.98 Å². The lowest BCUT2D eigenvalue weighted by atomic mass is 9.95. The van der Waals surface area contributed by atoms with Crippen LogP contribution in [0, 0.1) is 11.3 Å². The van der Waals surface area contributed by atoms with Crippen molar-refractivity contribution < 1.29 is 14.4 Å². The molecule has 3 aromatic heterocycles. The first-order valence-electron chi connectivity index (χ1n) is 10.3. The molecule has 0 bridgehead atoms. The molecule has 11 heteroatoms. The molecule has 0 radical (unpaired) electrons. The third kappa shape index (κ3) is 4.94. The van der Waals surface area contributed by atoms with Crippen molar-refractivity contribution in [2.45, 2.75) is 44.5 Å². The maximum atomic E-state index is 13.2. The maximum Gasteiger partial charge on any atom is 0.281 e. The van der Waals surface area contributed by atoms with Gasteiger partial charge < -0.3 is 0 Å². The molecule has 1 aliphatic rings. The lowest BCUT2D eigenvalue weighted by molar-refractivity contribution is -0.147. The molecule has 0 saturated carbocycles. The average molecular weight is 523 g/mol. The number of halogens is 1. The van der Waals surface area contributed by atoms with Gasteiger partial charge in [-0.05, 0) is 29.5 Å². The molecular weight excluding hydrogens is 500 g/mol. The number of nitrogens with zero attached hydrogens (tertiary/aromatic N) is 4. The molecule has 4 rings (SSSR count). The second kappa shape index (κ2) is 9.32. The summed E-state index contributed by atoms with van der Waals surface area (Å²) in [6.45, 7) is 7.58. The molecule has 174 valence electrons. The first-order valence-corrected chi connectivity index (χ1v) is 13.4. The van der Waals surface area contributed by atoms with Crippen LogP contribution in [0.15, 0.2) is 34.1 Å². The minimum atomic E-state index is -0.677. The van der Waals surface area contributed by atoms with Crippen LogP contribution in [0.1, 0.15) is 54.7 Å². The van der Waals surface area contributed by atoms with Gasteiger partial charge >= 0.3 is 0 Å². The predicted molar refractivity (Wildman–Crippen MR) is 131 cm³/mol. The number of carbonyl (C=O) groups excluding carboxylic acids is 3. The first kappa shape index (κ1) is 24.1. The van der Waals surface area contributed by atoms with Gasteiger partial charge in [0.15, 0.2) is 11.0 Å². The number of imide groups is 1. The lowest BCUT2D eigenvalue weighted by Gasteiger charge is -2.24. The van der Waals surface area contributed by atoms with Crippen molar-refractivity contribution in [1.29, 1.82) is 0 Å². The molecule has 3 aromatic rings. The topological polar surface area (TPSA) is 85.2 Å². The second-order valence-electron chi connectivity index (χ2n) is 8.94. The number of carbonyl (C=O) groups is 3. The molecule has 0 aromatic carbocycles. The number of hydrogen-bond acceptors (Lipinski definition) is 8. The van der Waals surface area contributed by atoms with Crippen LogP contribution in [-0.4, -0.2) is 43.9 Å². The van der Waals surface area contributed by atoms with Crippen molar-refractivity contribution in [2.75, 3.05) is 6.54 Å². The zero-order chi connectivity index (χ0) is 23.9. The van der Waals surface area contributed by atoms with E-state index >= 15 is 0 Å². The van der Waals surface area contributed by atoms with Crippen LogP contribution in [-0.2, 0) is 15.3 Å². The summed E-state index contributed by atoms with van der Waals surface area (Å²) in [4.78, 5) is 46.1. The van der Waals surface area contributed by atoms with Gasteiger partial charge in [-0.1, -0.05) is 51.1 Å². The van der Waals surface area contributed by atoms with E-state index in [-0.39, 0.29) is 29.5 Å². The van der Waals surface area contributed by atoms with Crippen LogP contribution in [0.2, 0.25) is 4.34 Å². The zero-order valence-electron chi connectivity index (χ0n) is 18.6. The Hall–Kier alpha value is -2.01. The Morgan fingerprint density at radius 3 is 2.64 bits per heavy atom. The Morgan fingerprint density at radius 2 is 2.03 bits per heavy atom. The van der Waals surface area contributed by atoms with Gasteiger partial charge in [-0.2, -0.15) is 16.0 Å². The van der Waals surface area contributed by atoms with E-state index in [1.807, 2.05) is 24.4 Å². The number of aromatic nitrogens is 3. The normalized spacial score (nSPS) is 18.8. The van der Waals surface area contributed by atoms with Gasteiger partial charge in [-0.15, -0.1) is 16.4 Å². The van der Waals surface area contributed by atoms with Gasteiger partial charge in [0.05, 0.1) is 9.90 Å². The standard InChI is InChI=1S/C22H23ClN4O3S3/c1-12-9-26(20(30)22(2,3)4)19(29)16(12)17-24-21(32-11-14-5-6-15(23)33-14)27(25-17)18(28)13-7-8-31-10-13/h5-8,10,12,16H,9,11H2,1-4H3. The van der Waals surface area contributed by atoms with Crippen LogP contribution in [0.5, 0.6) is 0 Å². The SMILES string of the molecule is CC1CN(C(=O)C(C)(C)C)C(=O)C1c1nc(SCc2ccc(Cl)s2)n(C(=O)c2ccsc2)n1. The van der Waals surface area contributed by atoms with Gasteiger partial charge in [0.1, 0.15) is 5.92 Å². The quantitative estimate of drug-likeness (QED) is 0.430. The van der Waals surface area contributed by atoms with E-state index < -0.39 is 11.3 Å². The molecule has 33 heavy (non-hydrogen) atoms. The molecule has 2 atom stereocenters. The third-order valence-corrected chi connectivity index (χ3v) is 8.34. The van der Waals surface area contributed by atoms with Crippen LogP contribution in [0.25, 0.3) is 0 Å². The highest BCUT2D eigenvalue weighted by atomic mass is 35.5. The summed E-state index contributed by atoms with van der Waals surface area (Å²) in [5.74, 6) is -0.846. The molecule has 1 aliphatic heterocycles. The first-order chi connectivity index (χ1) is 15.6. The summed E-state index contributed by atoms with van der Waals surface area (Å²) in [6, 6.07) is 5.49. The van der Waals surface area contributed by atoms with Crippen molar-refractivity contribution in [2.24, 2.45) is 11.3 Å². The number of amides is 2. The molecule has 2 amide bonds. The van der Waals surface area contributed by atoms with Crippen LogP contribution >= 0.6 is 46.0 Å². The fourth-order valence-electron chi connectivity index (χ4n) is 3.59. The van der Waals surface area contributed by atoms with Gasteiger partial charge in [0, 0.05) is 28.0 Å². The largest absolute Gasteiger partial charge is 0.281 e. The van der Waals surface area contributed by atoms with E-state index in [1.165, 1.54) is 44.0 Å². The third-order valence-electron chi connectivity index (χ3n) is 5.26. The summed E-state index contributed by atoms with van der Waals surface area (Å²) in [5, 5.41) is 8.47. The summed E-state index contributed by atoms with van der Waals surface area (Å²) in [7, 11) is 0. The molecular formula is C22H23ClN4O3S3. The number of likely N-dealkylation sites (tertiary alicyclic amines) is 1. The number of hydrogen-bond donors (Lipinski definition) is 0. The average Bonchev–Trinajstić information content (AvgIpc) is 3.52. The Balaban J connectivity index is 1.66. The molecule has 7 nitrogen and oxygen atoms in total. The molecule has 0 aliphatic carbocycles. The fraction of sp³-hybridized carbons (Fsp3) is 0.409. The molecule has 1 saturated heterocycles. The number of thiophene rings is 2. The minimum Gasteiger partial charge on any atom is -0.281 e. The molecule has 2 unspecified atom stereocenters. The monoisotopic (exact) mass is 522 g/mol. The Labute approximate surface area is 209 Å². The van der Waals surface area contributed by atoms with E-state index in [0.29, 0.717) is 27.4 Å². The van der Waals surface area contributed by atoms with E-state index in [1.54, 1.807) is 32.2 Å². The highest BCUT2D eigenvalue weighted by Crippen LogP contribution is 2.36. The molecule has 1 fully saturated rings. The Kier molecular flexibility index (Phi) is 6.82. The predicted octanol–water partition coefficient (Wildman–Crippen LogP) is 5.17. The van der Waals surface area contributed by atoms with Gasteiger partial charge in [0.25, 0.3) is 5.91 Å². The van der Waals surface area contributed by atoms with E-state index in [0.717, 1.165) is 4.88 Å². The van der Waals surface area contributed by atoms with E-state index in [9.17, 15) is 14.4 Å². The number of thioether (sulfide) groups is 1. The van der Waals surface area contributed by atoms with Crippen molar-refractivity contribution in [3.05, 3.63) is 49.6 Å². The van der Waals surface area contributed by atoms with Gasteiger partial charge in [-0.3, -0.25) is 19.3 Å². The summed E-state index contributed by atoms with van der Waals surface area (Å²) < 4.78 is 1.96. The van der Waals surface area contributed by atoms with Crippen molar-refractivity contribution in [1.82, 2.24) is 19.7 Å². The molecule has 0 spiro atoms. The van der Waals surface area contributed by atoms with Crippen molar-refractivity contribution in [3.8, 4) is 0 Å².